The molecule has 1 N–H and O–H groups in total. The van der Waals surface area contributed by atoms with Gasteiger partial charge in [-0.2, -0.15) is 0 Å². The highest BCUT2D eigenvalue weighted by Gasteiger charge is 2.28. The van der Waals surface area contributed by atoms with Crippen LogP contribution in [0.3, 0.4) is 0 Å². The van der Waals surface area contributed by atoms with Crippen LogP contribution in [0.25, 0.3) is 0 Å². The SMILES string of the molecule is CCSC(=O)CC[C@@H](C(=O)O)N(C)C(=O)OCc1ccccc1. The van der Waals surface area contributed by atoms with Crippen molar-refractivity contribution in [3.8, 4) is 0 Å². The molecule has 0 aliphatic rings. The van der Waals surface area contributed by atoms with Crippen LogP contribution >= 0.6 is 11.8 Å². The Labute approximate surface area is 139 Å². The van der Waals surface area contributed by atoms with Gasteiger partial charge in [0.15, 0.2) is 5.12 Å². The summed E-state index contributed by atoms with van der Waals surface area (Å²) < 4.78 is 5.11. The highest BCUT2D eigenvalue weighted by atomic mass is 32.2. The van der Waals surface area contributed by atoms with Crippen molar-refractivity contribution in [1.82, 2.24) is 4.90 Å². The Hall–Kier alpha value is -2.02. The molecule has 23 heavy (non-hydrogen) atoms. The van der Waals surface area contributed by atoms with Gasteiger partial charge in [-0.15, -0.1) is 0 Å². The zero-order chi connectivity index (χ0) is 17.2. The standard InChI is InChI=1S/C16H21NO5S/c1-3-23-14(18)10-9-13(15(19)20)17(2)16(21)22-11-12-7-5-4-6-8-12/h4-8,13H,3,9-11H2,1-2H3,(H,19,20)/t13-/m0/s1. The molecule has 0 aliphatic heterocycles. The quantitative estimate of drug-likeness (QED) is 0.784. The molecular formula is C16H21NO5S. The van der Waals surface area contributed by atoms with Gasteiger partial charge < -0.3 is 9.84 Å². The Balaban J connectivity index is 2.55. The van der Waals surface area contributed by atoms with Gasteiger partial charge in [0.2, 0.25) is 0 Å². The molecule has 126 valence electrons. The zero-order valence-corrected chi connectivity index (χ0v) is 14.0. The van der Waals surface area contributed by atoms with Crippen molar-refractivity contribution in [3.05, 3.63) is 35.9 Å². The molecule has 0 aliphatic carbocycles. The van der Waals surface area contributed by atoms with E-state index in [1.807, 2.05) is 37.3 Å². The summed E-state index contributed by atoms with van der Waals surface area (Å²) in [7, 11) is 1.36. The number of ether oxygens (including phenoxy) is 1. The van der Waals surface area contributed by atoms with Gasteiger partial charge in [0.05, 0.1) is 0 Å². The molecule has 6 nitrogen and oxygen atoms in total. The second-order valence-corrected chi connectivity index (χ2v) is 6.17. The first kappa shape index (κ1) is 19.0. The Bertz CT molecular complexity index is 535. The fourth-order valence-corrected chi connectivity index (χ4v) is 2.50. The first-order valence-corrected chi connectivity index (χ1v) is 8.26. The average Bonchev–Trinajstić information content (AvgIpc) is 2.53. The van der Waals surface area contributed by atoms with Crippen molar-refractivity contribution in [2.75, 3.05) is 12.8 Å². The molecule has 7 heteroatoms. The smallest absolute Gasteiger partial charge is 0.410 e. The van der Waals surface area contributed by atoms with Crippen LogP contribution in [0.1, 0.15) is 25.3 Å². The van der Waals surface area contributed by atoms with Crippen LogP contribution in [-0.2, 0) is 20.9 Å². The number of amides is 1. The number of aliphatic carboxylic acids is 1. The van der Waals surface area contributed by atoms with E-state index in [0.717, 1.165) is 22.2 Å². The summed E-state index contributed by atoms with van der Waals surface area (Å²) in [6.07, 6.45) is -0.555. The van der Waals surface area contributed by atoms with E-state index in [2.05, 4.69) is 0 Å². The maximum atomic E-state index is 12.0. The predicted octanol–water partition coefficient (Wildman–Crippen LogP) is 2.77. The maximum Gasteiger partial charge on any atom is 0.410 e. The molecule has 1 aromatic carbocycles. The maximum absolute atomic E-state index is 12.0. The number of nitrogens with zero attached hydrogens (tertiary/aromatic N) is 1. The molecule has 0 fully saturated rings. The van der Waals surface area contributed by atoms with E-state index in [0.29, 0.717) is 5.75 Å². The van der Waals surface area contributed by atoms with E-state index < -0.39 is 18.1 Å². The fraction of sp³-hybridized carbons (Fsp3) is 0.438. The summed E-state index contributed by atoms with van der Waals surface area (Å²) in [5.41, 5.74) is 0.815. The number of carboxylic acids is 1. The first-order chi connectivity index (χ1) is 11.0. The number of carbonyl (C=O) groups excluding carboxylic acids is 2. The van der Waals surface area contributed by atoms with Gasteiger partial charge in [-0.25, -0.2) is 9.59 Å². The van der Waals surface area contributed by atoms with Gasteiger partial charge in [-0.05, 0) is 17.7 Å². The summed E-state index contributed by atoms with van der Waals surface area (Å²) in [4.78, 5) is 35.8. The Morgan fingerprint density at radius 3 is 2.48 bits per heavy atom. The van der Waals surface area contributed by atoms with Crippen LogP contribution in [0.15, 0.2) is 30.3 Å². The lowest BCUT2D eigenvalue weighted by molar-refractivity contribution is -0.142. The Morgan fingerprint density at radius 1 is 1.26 bits per heavy atom. The summed E-state index contributed by atoms with van der Waals surface area (Å²) in [6, 6.07) is 8.03. The number of carboxylic acid groups (broad SMARTS) is 1. The van der Waals surface area contributed by atoms with Crippen molar-refractivity contribution in [3.63, 3.8) is 0 Å². The number of benzene rings is 1. The minimum atomic E-state index is -1.15. The van der Waals surface area contributed by atoms with Gasteiger partial charge in [0, 0.05) is 13.5 Å². The van der Waals surface area contributed by atoms with Crippen LogP contribution < -0.4 is 0 Å². The monoisotopic (exact) mass is 339 g/mol. The lowest BCUT2D eigenvalue weighted by Gasteiger charge is -2.24. The van der Waals surface area contributed by atoms with Gasteiger partial charge in [0.25, 0.3) is 0 Å². The number of hydrogen-bond acceptors (Lipinski definition) is 5. The van der Waals surface area contributed by atoms with Gasteiger partial charge in [-0.3, -0.25) is 9.69 Å². The van der Waals surface area contributed by atoms with E-state index in [1.54, 1.807) is 0 Å². The van der Waals surface area contributed by atoms with Crippen LogP contribution in [0.5, 0.6) is 0 Å². The second-order valence-electron chi connectivity index (χ2n) is 4.85. The number of rotatable bonds is 8. The van der Waals surface area contributed by atoms with Crippen molar-refractivity contribution in [2.24, 2.45) is 0 Å². The lowest BCUT2D eigenvalue weighted by Crippen LogP contribution is -2.42. The third-order valence-electron chi connectivity index (χ3n) is 3.17. The minimum Gasteiger partial charge on any atom is -0.480 e. The van der Waals surface area contributed by atoms with Crippen LogP contribution in [0, 0.1) is 0 Å². The number of hydrogen-bond donors (Lipinski definition) is 1. The molecule has 0 unspecified atom stereocenters. The zero-order valence-electron chi connectivity index (χ0n) is 13.2. The third kappa shape index (κ3) is 6.73. The molecular weight excluding hydrogens is 318 g/mol. The van der Waals surface area contributed by atoms with Crippen LogP contribution in [-0.4, -0.2) is 46.0 Å². The fourth-order valence-electron chi connectivity index (χ4n) is 1.92. The van der Waals surface area contributed by atoms with E-state index in [4.69, 9.17) is 4.74 Å². The number of thioether (sulfide) groups is 1. The highest BCUT2D eigenvalue weighted by Crippen LogP contribution is 2.13. The topological polar surface area (TPSA) is 83.9 Å². The summed E-state index contributed by atoms with van der Waals surface area (Å²) in [5, 5.41) is 9.17. The van der Waals surface area contributed by atoms with E-state index in [-0.39, 0.29) is 24.6 Å². The van der Waals surface area contributed by atoms with Crippen molar-refractivity contribution in [2.45, 2.75) is 32.4 Å². The molecule has 0 saturated carbocycles. The van der Waals surface area contributed by atoms with E-state index >= 15 is 0 Å². The summed E-state index contributed by atoms with van der Waals surface area (Å²) in [5.74, 6) is -0.510. The predicted molar refractivity (Wildman–Crippen MR) is 88.2 cm³/mol. The molecule has 1 rings (SSSR count). The normalized spacial score (nSPS) is 11.6. The summed E-state index contributed by atoms with van der Waals surface area (Å²) >= 11 is 1.15. The highest BCUT2D eigenvalue weighted by molar-refractivity contribution is 8.13. The molecule has 0 bridgehead atoms. The molecule has 0 saturated heterocycles. The molecule has 1 aromatic rings. The lowest BCUT2D eigenvalue weighted by atomic mass is 10.1. The Kier molecular flexibility index (Phi) is 8.18. The summed E-state index contributed by atoms with van der Waals surface area (Å²) in [6.45, 7) is 1.92. The largest absolute Gasteiger partial charge is 0.480 e. The van der Waals surface area contributed by atoms with Gasteiger partial charge in [-0.1, -0.05) is 49.0 Å². The van der Waals surface area contributed by atoms with E-state index in [9.17, 15) is 19.5 Å². The molecule has 0 aromatic heterocycles. The Morgan fingerprint density at radius 2 is 1.91 bits per heavy atom. The van der Waals surface area contributed by atoms with Crippen molar-refractivity contribution >= 4 is 28.9 Å². The van der Waals surface area contributed by atoms with Gasteiger partial charge >= 0.3 is 12.1 Å². The molecule has 0 heterocycles. The van der Waals surface area contributed by atoms with Gasteiger partial charge in [0.1, 0.15) is 12.6 Å². The van der Waals surface area contributed by atoms with Crippen LogP contribution in [0.4, 0.5) is 4.79 Å². The average molecular weight is 339 g/mol. The first-order valence-electron chi connectivity index (χ1n) is 7.27. The molecule has 0 spiro atoms. The molecule has 1 amide bonds. The minimum absolute atomic E-state index is 0.0676. The van der Waals surface area contributed by atoms with Crippen LogP contribution in [0.2, 0.25) is 0 Å². The van der Waals surface area contributed by atoms with Crippen molar-refractivity contribution < 1.29 is 24.2 Å². The van der Waals surface area contributed by atoms with E-state index in [1.165, 1.54) is 7.05 Å². The second kappa shape index (κ2) is 9.89. The van der Waals surface area contributed by atoms with Crippen molar-refractivity contribution in [1.29, 1.82) is 0 Å². The molecule has 1 atom stereocenters. The third-order valence-corrected chi connectivity index (χ3v) is 3.99. The number of carbonyl (C=O) groups is 3. The molecule has 0 radical (unpaired) electrons. The number of likely N-dealkylation sites (N-methyl/N-ethyl adjacent to an activating group) is 1.